The topological polar surface area (TPSA) is 0 Å². The Labute approximate surface area is 74.0 Å². The summed E-state index contributed by atoms with van der Waals surface area (Å²) in [6, 6.07) is 5.00. The van der Waals surface area contributed by atoms with Crippen molar-refractivity contribution in [2.75, 3.05) is 0 Å². The zero-order valence-corrected chi connectivity index (χ0v) is 6.73. The van der Waals surface area contributed by atoms with Crippen molar-refractivity contribution in [3.05, 3.63) is 47.7 Å². The fourth-order valence-electron chi connectivity index (χ4n) is 0.923. The lowest BCUT2D eigenvalue weighted by Crippen LogP contribution is -2.04. The molecule has 0 aromatic heterocycles. The minimum atomic E-state index is -4.29. The maximum atomic E-state index is 12.2. The minimum absolute atomic E-state index is 0.449. The highest BCUT2D eigenvalue weighted by Gasteiger charge is 2.30. The molecule has 1 aromatic rings. The van der Waals surface area contributed by atoms with E-state index in [1.165, 1.54) is 12.1 Å². The summed E-state index contributed by atoms with van der Waals surface area (Å²) in [7, 11) is 0. The van der Waals surface area contributed by atoms with Crippen molar-refractivity contribution in [1.82, 2.24) is 0 Å². The van der Waals surface area contributed by atoms with Crippen LogP contribution in [0.1, 0.15) is 11.1 Å². The second-order valence-electron chi connectivity index (χ2n) is 2.47. The van der Waals surface area contributed by atoms with Crippen molar-refractivity contribution < 1.29 is 13.2 Å². The molecular formula is C10H7F3. The summed E-state index contributed by atoms with van der Waals surface area (Å²) in [5.41, 5.74) is 2.21. The third kappa shape index (κ3) is 2.49. The van der Waals surface area contributed by atoms with Gasteiger partial charge in [-0.25, -0.2) is 0 Å². The molecule has 0 spiro atoms. The van der Waals surface area contributed by atoms with Gasteiger partial charge in [-0.3, -0.25) is 0 Å². The monoisotopic (exact) mass is 184 g/mol. The molecule has 0 aliphatic carbocycles. The van der Waals surface area contributed by atoms with Crippen molar-refractivity contribution in [3.63, 3.8) is 0 Å². The second kappa shape index (κ2) is 3.50. The molecule has 0 nitrogen and oxygen atoms in total. The highest BCUT2D eigenvalue weighted by molar-refractivity contribution is 5.49. The summed E-state index contributed by atoms with van der Waals surface area (Å²) in [6.07, 6.45) is -2.89. The van der Waals surface area contributed by atoms with Crippen LogP contribution in [0.5, 0.6) is 0 Å². The predicted molar refractivity (Wildman–Crippen MR) is 45.0 cm³/mol. The van der Waals surface area contributed by atoms with Crippen molar-refractivity contribution >= 4 is 6.08 Å². The summed E-state index contributed by atoms with van der Waals surface area (Å²) in [4.78, 5) is 0. The molecule has 68 valence electrons. The lowest BCUT2D eigenvalue weighted by molar-refractivity contribution is -0.137. The normalized spacial score (nSPS) is 10.7. The average molecular weight is 184 g/mol. The molecule has 0 fully saturated rings. The zero-order chi connectivity index (χ0) is 9.90. The van der Waals surface area contributed by atoms with Gasteiger partial charge in [0.05, 0.1) is 5.56 Å². The lowest BCUT2D eigenvalue weighted by atomic mass is 10.1. The smallest absolute Gasteiger partial charge is 0.166 e. The molecule has 0 aliphatic rings. The molecule has 0 saturated heterocycles. The molecule has 0 atom stereocenters. The average Bonchev–Trinajstić information content (AvgIpc) is 2.04. The van der Waals surface area contributed by atoms with Crippen LogP contribution in [-0.2, 0) is 6.18 Å². The predicted octanol–water partition coefficient (Wildman–Crippen LogP) is 3.50. The molecule has 0 radical (unpaired) electrons. The summed E-state index contributed by atoms with van der Waals surface area (Å²) in [5, 5.41) is 0. The highest BCUT2D eigenvalue weighted by atomic mass is 19.4. The van der Waals surface area contributed by atoms with Gasteiger partial charge in [-0.05, 0) is 23.8 Å². The van der Waals surface area contributed by atoms with Crippen LogP contribution in [0.15, 0.2) is 36.6 Å². The van der Waals surface area contributed by atoms with Gasteiger partial charge in [-0.2, -0.15) is 13.2 Å². The van der Waals surface area contributed by atoms with E-state index in [1.807, 2.05) is 0 Å². The Morgan fingerprint density at radius 3 is 2.54 bits per heavy atom. The van der Waals surface area contributed by atoms with Crippen LogP contribution >= 0.6 is 0 Å². The van der Waals surface area contributed by atoms with Gasteiger partial charge in [0.15, 0.2) is 0 Å². The van der Waals surface area contributed by atoms with Crippen LogP contribution in [0.2, 0.25) is 0 Å². The van der Waals surface area contributed by atoms with Gasteiger partial charge in [0.25, 0.3) is 0 Å². The maximum absolute atomic E-state index is 12.2. The van der Waals surface area contributed by atoms with Crippen molar-refractivity contribution in [2.45, 2.75) is 6.18 Å². The van der Waals surface area contributed by atoms with Crippen LogP contribution in [-0.4, -0.2) is 0 Å². The molecule has 0 heterocycles. The first kappa shape index (κ1) is 9.62. The van der Waals surface area contributed by atoms with Crippen LogP contribution in [0.3, 0.4) is 0 Å². The van der Waals surface area contributed by atoms with Gasteiger partial charge in [-0.15, -0.1) is 5.73 Å². The Bertz CT molecular complexity index is 343. The largest absolute Gasteiger partial charge is 0.416 e. The van der Waals surface area contributed by atoms with E-state index >= 15 is 0 Å². The van der Waals surface area contributed by atoms with E-state index in [4.69, 9.17) is 0 Å². The van der Waals surface area contributed by atoms with Gasteiger partial charge in [0.2, 0.25) is 0 Å². The zero-order valence-electron chi connectivity index (χ0n) is 6.73. The third-order valence-electron chi connectivity index (χ3n) is 1.48. The summed E-state index contributed by atoms with van der Waals surface area (Å²) in [5.74, 6) is 0. The number of benzene rings is 1. The molecule has 0 aliphatic heterocycles. The molecule has 1 aromatic carbocycles. The van der Waals surface area contributed by atoms with Crippen LogP contribution in [0.4, 0.5) is 13.2 Å². The maximum Gasteiger partial charge on any atom is 0.416 e. The standard InChI is InChI=1S/C10H7F3/c1-2-4-8-5-3-6-9(7-8)10(11,12)13/h3-7H,1H2. The molecule has 1 rings (SSSR count). The second-order valence-corrected chi connectivity index (χ2v) is 2.47. The molecule has 13 heavy (non-hydrogen) atoms. The molecule has 0 bridgehead atoms. The Morgan fingerprint density at radius 2 is 2.00 bits per heavy atom. The van der Waals surface area contributed by atoms with Crippen LogP contribution in [0.25, 0.3) is 6.08 Å². The SMILES string of the molecule is C=C=Cc1cccc(C(F)(F)F)c1. The van der Waals surface area contributed by atoms with E-state index in [-0.39, 0.29) is 0 Å². The fourth-order valence-corrected chi connectivity index (χ4v) is 0.923. The van der Waals surface area contributed by atoms with Gasteiger partial charge < -0.3 is 0 Å². The van der Waals surface area contributed by atoms with Crippen LogP contribution < -0.4 is 0 Å². The number of alkyl halides is 3. The fraction of sp³-hybridized carbons (Fsp3) is 0.100. The van der Waals surface area contributed by atoms with Crippen molar-refractivity contribution in [1.29, 1.82) is 0 Å². The first-order chi connectivity index (χ1) is 6.04. The van der Waals surface area contributed by atoms with E-state index < -0.39 is 11.7 Å². The van der Waals surface area contributed by atoms with E-state index in [2.05, 4.69) is 12.3 Å². The van der Waals surface area contributed by atoms with Gasteiger partial charge in [-0.1, -0.05) is 18.7 Å². The minimum Gasteiger partial charge on any atom is -0.166 e. The molecule has 0 saturated carbocycles. The molecule has 0 unspecified atom stereocenters. The number of hydrogen-bond donors (Lipinski definition) is 0. The van der Waals surface area contributed by atoms with Gasteiger partial charge in [0.1, 0.15) is 0 Å². The Balaban J connectivity index is 3.12. The number of rotatable bonds is 1. The summed E-state index contributed by atoms with van der Waals surface area (Å²) in [6.45, 7) is 3.29. The van der Waals surface area contributed by atoms with Gasteiger partial charge in [0, 0.05) is 0 Å². The Hall–Kier alpha value is -1.47. The quantitative estimate of drug-likeness (QED) is 0.586. The lowest BCUT2D eigenvalue weighted by Gasteiger charge is -2.06. The molecule has 3 heteroatoms. The van der Waals surface area contributed by atoms with Crippen molar-refractivity contribution in [3.8, 4) is 0 Å². The first-order valence-corrected chi connectivity index (χ1v) is 3.57. The van der Waals surface area contributed by atoms with E-state index in [1.54, 1.807) is 6.07 Å². The van der Waals surface area contributed by atoms with E-state index in [9.17, 15) is 13.2 Å². The van der Waals surface area contributed by atoms with E-state index in [0.29, 0.717) is 5.56 Å². The third-order valence-corrected chi connectivity index (χ3v) is 1.48. The van der Waals surface area contributed by atoms with E-state index in [0.717, 1.165) is 12.1 Å². The number of hydrogen-bond acceptors (Lipinski definition) is 0. The summed E-state index contributed by atoms with van der Waals surface area (Å²) < 4.78 is 36.5. The molecular weight excluding hydrogens is 177 g/mol. The molecule has 0 N–H and O–H groups in total. The Kier molecular flexibility index (Phi) is 2.59. The molecule has 0 amide bonds. The highest BCUT2D eigenvalue weighted by Crippen LogP contribution is 2.29. The Morgan fingerprint density at radius 1 is 1.31 bits per heavy atom. The first-order valence-electron chi connectivity index (χ1n) is 3.57. The summed E-state index contributed by atoms with van der Waals surface area (Å²) >= 11 is 0. The van der Waals surface area contributed by atoms with Crippen molar-refractivity contribution in [2.24, 2.45) is 0 Å². The number of halogens is 3. The van der Waals surface area contributed by atoms with Gasteiger partial charge >= 0.3 is 6.18 Å². The van der Waals surface area contributed by atoms with Crippen LogP contribution in [0, 0.1) is 0 Å².